The van der Waals surface area contributed by atoms with E-state index in [0.717, 1.165) is 5.69 Å². The standard InChI is InChI=1S/C8H8N4O/c1-5-3-10-7(4-9-5)8-11-6(2)12-13-8/h3-4H,1-2H3. The maximum Gasteiger partial charge on any atom is 0.278 e. The largest absolute Gasteiger partial charge is 0.332 e. The van der Waals surface area contributed by atoms with Crippen LogP contribution < -0.4 is 0 Å². The molecule has 2 aromatic rings. The Hall–Kier alpha value is -1.78. The van der Waals surface area contributed by atoms with Gasteiger partial charge in [0, 0.05) is 6.20 Å². The van der Waals surface area contributed by atoms with Crippen LogP contribution in [0.25, 0.3) is 11.6 Å². The molecule has 2 heterocycles. The van der Waals surface area contributed by atoms with Crippen molar-refractivity contribution in [3.8, 4) is 11.6 Å². The van der Waals surface area contributed by atoms with Crippen LogP contribution in [-0.2, 0) is 0 Å². The molecule has 0 spiro atoms. The molecule has 0 aliphatic carbocycles. The van der Waals surface area contributed by atoms with E-state index >= 15 is 0 Å². The minimum atomic E-state index is 0.407. The molecule has 0 saturated heterocycles. The normalized spacial score (nSPS) is 10.3. The quantitative estimate of drug-likeness (QED) is 0.651. The molecule has 0 aliphatic heterocycles. The first kappa shape index (κ1) is 7.85. The fourth-order valence-electron chi connectivity index (χ4n) is 0.904. The lowest BCUT2D eigenvalue weighted by Gasteiger charge is -1.92. The summed E-state index contributed by atoms with van der Waals surface area (Å²) in [6.07, 6.45) is 3.27. The summed E-state index contributed by atoms with van der Waals surface area (Å²) in [6.45, 7) is 3.63. The van der Waals surface area contributed by atoms with Crippen molar-refractivity contribution in [3.05, 3.63) is 23.9 Å². The number of rotatable bonds is 1. The third kappa shape index (κ3) is 1.53. The molecular formula is C8H8N4O. The molecule has 5 heteroatoms. The first-order valence-corrected chi connectivity index (χ1v) is 3.85. The molecule has 0 aliphatic rings. The van der Waals surface area contributed by atoms with E-state index in [2.05, 4.69) is 20.1 Å². The maximum atomic E-state index is 4.93. The third-order valence-corrected chi connectivity index (χ3v) is 1.53. The van der Waals surface area contributed by atoms with Gasteiger partial charge in [-0.1, -0.05) is 5.16 Å². The van der Waals surface area contributed by atoms with Gasteiger partial charge in [0.25, 0.3) is 5.89 Å². The number of hydrogen-bond acceptors (Lipinski definition) is 5. The number of nitrogens with zero attached hydrogens (tertiary/aromatic N) is 4. The average molecular weight is 176 g/mol. The highest BCUT2D eigenvalue weighted by Crippen LogP contribution is 2.11. The van der Waals surface area contributed by atoms with Crippen LogP contribution in [0.2, 0.25) is 0 Å². The van der Waals surface area contributed by atoms with Crippen LogP contribution in [0.3, 0.4) is 0 Å². The van der Waals surface area contributed by atoms with Gasteiger partial charge in [-0.3, -0.25) is 4.98 Å². The summed E-state index contributed by atoms with van der Waals surface area (Å²) in [5, 5.41) is 3.66. The highest BCUT2D eigenvalue weighted by molar-refractivity contribution is 5.43. The lowest BCUT2D eigenvalue weighted by molar-refractivity contribution is 0.424. The lowest BCUT2D eigenvalue weighted by Crippen LogP contribution is -1.87. The zero-order valence-corrected chi connectivity index (χ0v) is 7.35. The van der Waals surface area contributed by atoms with Gasteiger partial charge in [0.05, 0.1) is 11.9 Å². The van der Waals surface area contributed by atoms with Gasteiger partial charge in [0.1, 0.15) is 5.69 Å². The lowest BCUT2D eigenvalue weighted by atomic mass is 10.4. The first-order valence-electron chi connectivity index (χ1n) is 3.85. The second-order valence-electron chi connectivity index (χ2n) is 2.69. The van der Waals surface area contributed by atoms with Crippen molar-refractivity contribution in [3.63, 3.8) is 0 Å². The monoisotopic (exact) mass is 176 g/mol. The molecule has 13 heavy (non-hydrogen) atoms. The molecule has 66 valence electrons. The Kier molecular flexibility index (Phi) is 1.77. The summed E-state index contributed by atoms with van der Waals surface area (Å²) in [5.74, 6) is 1.00. The predicted octanol–water partition coefficient (Wildman–Crippen LogP) is 1.14. The molecule has 0 saturated carbocycles. The smallest absolute Gasteiger partial charge is 0.278 e. The highest BCUT2D eigenvalue weighted by atomic mass is 16.5. The van der Waals surface area contributed by atoms with Gasteiger partial charge < -0.3 is 4.52 Å². The fourth-order valence-corrected chi connectivity index (χ4v) is 0.904. The molecule has 0 N–H and O–H groups in total. The highest BCUT2D eigenvalue weighted by Gasteiger charge is 2.06. The van der Waals surface area contributed by atoms with E-state index in [0.29, 0.717) is 17.4 Å². The fraction of sp³-hybridized carbons (Fsp3) is 0.250. The Labute approximate surface area is 74.8 Å². The van der Waals surface area contributed by atoms with E-state index in [9.17, 15) is 0 Å². The Morgan fingerprint density at radius 1 is 1.15 bits per heavy atom. The molecule has 2 rings (SSSR count). The minimum absolute atomic E-state index is 0.407. The summed E-state index contributed by atoms with van der Waals surface area (Å²) in [5.41, 5.74) is 1.46. The van der Waals surface area contributed by atoms with E-state index in [-0.39, 0.29) is 0 Å². The van der Waals surface area contributed by atoms with E-state index < -0.39 is 0 Å². The summed E-state index contributed by atoms with van der Waals surface area (Å²) in [7, 11) is 0. The van der Waals surface area contributed by atoms with E-state index in [1.165, 1.54) is 0 Å². The molecule has 0 atom stereocenters. The van der Waals surface area contributed by atoms with Crippen LogP contribution in [0.1, 0.15) is 11.5 Å². The van der Waals surface area contributed by atoms with Gasteiger partial charge in [-0.2, -0.15) is 4.98 Å². The zero-order valence-electron chi connectivity index (χ0n) is 7.35. The topological polar surface area (TPSA) is 64.7 Å². The van der Waals surface area contributed by atoms with Crippen molar-refractivity contribution < 1.29 is 4.52 Å². The van der Waals surface area contributed by atoms with Crippen molar-refractivity contribution >= 4 is 0 Å². The van der Waals surface area contributed by atoms with Crippen LogP contribution in [0, 0.1) is 13.8 Å². The van der Waals surface area contributed by atoms with Crippen LogP contribution in [0.5, 0.6) is 0 Å². The van der Waals surface area contributed by atoms with Gasteiger partial charge in [-0.25, -0.2) is 4.98 Å². The maximum absolute atomic E-state index is 4.93. The van der Waals surface area contributed by atoms with Gasteiger partial charge in [0.2, 0.25) is 0 Å². The third-order valence-electron chi connectivity index (χ3n) is 1.53. The van der Waals surface area contributed by atoms with Crippen LogP contribution in [0.15, 0.2) is 16.9 Å². The summed E-state index contributed by atoms with van der Waals surface area (Å²) < 4.78 is 4.93. The predicted molar refractivity (Wildman–Crippen MR) is 44.8 cm³/mol. The van der Waals surface area contributed by atoms with E-state index in [1.54, 1.807) is 19.3 Å². The summed E-state index contributed by atoms with van der Waals surface area (Å²) in [6, 6.07) is 0. The minimum Gasteiger partial charge on any atom is -0.332 e. The number of aromatic nitrogens is 4. The SMILES string of the molecule is Cc1cnc(-c2nc(C)no2)cn1. The first-order chi connectivity index (χ1) is 6.25. The summed E-state index contributed by atoms with van der Waals surface area (Å²) in [4.78, 5) is 12.2. The number of hydrogen-bond donors (Lipinski definition) is 0. The van der Waals surface area contributed by atoms with Crippen molar-refractivity contribution in [2.75, 3.05) is 0 Å². The second kappa shape index (κ2) is 2.93. The molecule has 5 nitrogen and oxygen atoms in total. The second-order valence-corrected chi connectivity index (χ2v) is 2.69. The summed E-state index contributed by atoms with van der Waals surface area (Å²) >= 11 is 0. The van der Waals surface area contributed by atoms with Crippen molar-refractivity contribution in [1.82, 2.24) is 20.1 Å². The van der Waals surface area contributed by atoms with Gasteiger partial charge in [-0.05, 0) is 13.8 Å². The van der Waals surface area contributed by atoms with Crippen molar-refractivity contribution in [2.45, 2.75) is 13.8 Å². The molecular weight excluding hydrogens is 168 g/mol. The van der Waals surface area contributed by atoms with E-state index in [1.807, 2.05) is 6.92 Å². The van der Waals surface area contributed by atoms with Crippen molar-refractivity contribution in [1.29, 1.82) is 0 Å². The molecule has 0 radical (unpaired) electrons. The number of aryl methyl sites for hydroxylation is 2. The van der Waals surface area contributed by atoms with Gasteiger partial charge in [0.15, 0.2) is 5.82 Å². The zero-order chi connectivity index (χ0) is 9.26. The molecule has 0 bridgehead atoms. The molecule has 0 aromatic carbocycles. The van der Waals surface area contributed by atoms with Gasteiger partial charge >= 0.3 is 0 Å². The molecule has 0 unspecified atom stereocenters. The van der Waals surface area contributed by atoms with Gasteiger partial charge in [-0.15, -0.1) is 0 Å². The molecule has 0 fully saturated rings. The van der Waals surface area contributed by atoms with Crippen LogP contribution in [-0.4, -0.2) is 20.1 Å². The van der Waals surface area contributed by atoms with E-state index in [4.69, 9.17) is 4.52 Å². The Balaban J connectivity index is 2.41. The molecule has 0 amide bonds. The van der Waals surface area contributed by atoms with Crippen LogP contribution in [0.4, 0.5) is 0 Å². The Morgan fingerprint density at radius 3 is 2.54 bits per heavy atom. The Morgan fingerprint density at radius 2 is 2.00 bits per heavy atom. The van der Waals surface area contributed by atoms with Crippen LogP contribution >= 0.6 is 0 Å². The van der Waals surface area contributed by atoms with Crippen molar-refractivity contribution in [2.24, 2.45) is 0 Å². The average Bonchev–Trinajstić information content (AvgIpc) is 2.53. The Bertz CT molecular complexity index is 406. The molecule has 2 aromatic heterocycles.